The largest absolute Gasteiger partial charge is 0.480 e. The van der Waals surface area contributed by atoms with Gasteiger partial charge in [-0.2, -0.15) is 0 Å². The molecule has 1 N–H and O–H groups in total. The predicted octanol–water partition coefficient (Wildman–Crippen LogP) is 3.01. The Morgan fingerprint density at radius 2 is 2.14 bits per heavy atom. The summed E-state index contributed by atoms with van der Waals surface area (Å²) in [4.78, 5) is 26.5. The summed E-state index contributed by atoms with van der Waals surface area (Å²) in [5, 5.41) is 9.16. The Balaban J connectivity index is 1.83. The minimum absolute atomic E-state index is 0.209. The molecule has 0 aliphatic carbocycles. The maximum absolute atomic E-state index is 12.5. The maximum Gasteiger partial charge on any atom is 0.326 e. The SMILES string of the molecule is Cc1ccc(-c2ccc(C(=O)N3CCC[C@@H]3C(=O)O)s2)o1. The van der Waals surface area contributed by atoms with Crippen LogP contribution in [0.4, 0.5) is 0 Å². The Morgan fingerprint density at radius 1 is 1.33 bits per heavy atom. The van der Waals surface area contributed by atoms with Crippen molar-refractivity contribution in [1.29, 1.82) is 0 Å². The molecule has 1 fully saturated rings. The van der Waals surface area contributed by atoms with Gasteiger partial charge in [0.2, 0.25) is 0 Å². The van der Waals surface area contributed by atoms with Crippen molar-refractivity contribution in [3.8, 4) is 10.6 Å². The highest BCUT2D eigenvalue weighted by molar-refractivity contribution is 7.17. The summed E-state index contributed by atoms with van der Waals surface area (Å²) in [5.41, 5.74) is 0. The lowest BCUT2D eigenvalue weighted by Gasteiger charge is -2.20. The Hall–Kier alpha value is -2.08. The van der Waals surface area contributed by atoms with Crippen molar-refractivity contribution in [2.75, 3.05) is 6.54 Å². The molecule has 0 saturated carbocycles. The Kier molecular flexibility index (Phi) is 3.55. The molecule has 1 atom stereocenters. The number of nitrogens with zero attached hydrogens (tertiary/aromatic N) is 1. The molecule has 21 heavy (non-hydrogen) atoms. The lowest BCUT2D eigenvalue weighted by Crippen LogP contribution is -2.40. The smallest absolute Gasteiger partial charge is 0.326 e. The second kappa shape index (κ2) is 5.37. The number of furan rings is 1. The standard InChI is InChI=1S/C15H15NO4S/c1-9-4-5-11(20-9)12-6-7-13(21-12)14(17)16-8-2-3-10(16)15(18)19/h4-7,10H,2-3,8H2,1H3,(H,18,19)/t10-/m1/s1. The Labute approximate surface area is 125 Å². The summed E-state index contributed by atoms with van der Waals surface area (Å²) in [7, 11) is 0. The fourth-order valence-electron chi connectivity index (χ4n) is 2.56. The van der Waals surface area contributed by atoms with Crippen molar-refractivity contribution in [3.63, 3.8) is 0 Å². The molecule has 1 amide bonds. The zero-order chi connectivity index (χ0) is 15.0. The van der Waals surface area contributed by atoms with Crippen molar-refractivity contribution < 1.29 is 19.1 Å². The number of hydrogen-bond acceptors (Lipinski definition) is 4. The van der Waals surface area contributed by atoms with Crippen molar-refractivity contribution in [2.24, 2.45) is 0 Å². The van der Waals surface area contributed by atoms with Gasteiger partial charge in [0.1, 0.15) is 17.6 Å². The van der Waals surface area contributed by atoms with Gasteiger partial charge in [0.15, 0.2) is 0 Å². The second-order valence-corrected chi connectivity index (χ2v) is 6.15. The van der Waals surface area contributed by atoms with E-state index in [2.05, 4.69) is 0 Å². The van der Waals surface area contributed by atoms with Crippen LogP contribution >= 0.6 is 11.3 Å². The van der Waals surface area contributed by atoms with Gasteiger partial charge in [0.25, 0.3) is 5.91 Å². The first-order chi connectivity index (χ1) is 10.1. The quantitative estimate of drug-likeness (QED) is 0.946. The van der Waals surface area contributed by atoms with E-state index in [-0.39, 0.29) is 5.91 Å². The summed E-state index contributed by atoms with van der Waals surface area (Å²) in [5.74, 6) is 0.406. The van der Waals surface area contributed by atoms with E-state index in [1.807, 2.05) is 25.1 Å². The molecule has 0 aromatic carbocycles. The van der Waals surface area contributed by atoms with Gasteiger partial charge < -0.3 is 14.4 Å². The van der Waals surface area contributed by atoms with Gasteiger partial charge in [0, 0.05) is 6.54 Å². The van der Waals surface area contributed by atoms with Crippen molar-refractivity contribution in [1.82, 2.24) is 4.90 Å². The molecule has 1 aliphatic heterocycles. The van der Waals surface area contributed by atoms with Crippen LogP contribution in [0.2, 0.25) is 0 Å². The third-order valence-corrected chi connectivity index (χ3v) is 4.69. The number of carboxylic acids is 1. The molecule has 3 rings (SSSR count). The molecule has 1 saturated heterocycles. The average molecular weight is 305 g/mol. The van der Waals surface area contributed by atoms with Crippen LogP contribution in [-0.4, -0.2) is 34.5 Å². The number of rotatable bonds is 3. The Bertz CT molecular complexity index is 687. The minimum Gasteiger partial charge on any atom is -0.480 e. The summed E-state index contributed by atoms with van der Waals surface area (Å²) in [6.07, 6.45) is 1.26. The zero-order valence-electron chi connectivity index (χ0n) is 11.5. The van der Waals surface area contributed by atoms with E-state index in [4.69, 9.17) is 9.52 Å². The van der Waals surface area contributed by atoms with Crippen LogP contribution in [0, 0.1) is 6.92 Å². The number of amides is 1. The van der Waals surface area contributed by atoms with E-state index in [0.717, 1.165) is 22.8 Å². The lowest BCUT2D eigenvalue weighted by molar-refractivity contribution is -0.141. The molecule has 2 aromatic heterocycles. The number of carboxylic acid groups (broad SMARTS) is 1. The molecule has 5 nitrogen and oxygen atoms in total. The zero-order valence-corrected chi connectivity index (χ0v) is 12.4. The van der Waals surface area contributed by atoms with E-state index >= 15 is 0 Å². The van der Waals surface area contributed by atoms with Gasteiger partial charge in [-0.1, -0.05) is 0 Å². The maximum atomic E-state index is 12.5. The minimum atomic E-state index is -0.931. The third kappa shape index (κ3) is 2.58. The molecular formula is C15H15NO4S. The number of aryl methyl sites for hydroxylation is 1. The lowest BCUT2D eigenvalue weighted by atomic mass is 10.2. The van der Waals surface area contributed by atoms with Gasteiger partial charge in [-0.05, 0) is 44.0 Å². The van der Waals surface area contributed by atoms with Crippen molar-refractivity contribution in [3.05, 3.63) is 34.9 Å². The Morgan fingerprint density at radius 3 is 2.81 bits per heavy atom. The fraction of sp³-hybridized carbons (Fsp3) is 0.333. The van der Waals surface area contributed by atoms with Crippen LogP contribution in [0.5, 0.6) is 0 Å². The first-order valence-electron chi connectivity index (χ1n) is 6.76. The predicted molar refractivity (Wildman–Crippen MR) is 78.5 cm³/mol. The number of likely N-dealkylation sites (tertiary alicyclic amines) is 1. The van der Waals surface area contributed by atoms with E-state index in [1.165, 1.54) is 16.2 Å². The van der Waals surface area contributed by atoms with Gasteiger partial charge in [-0.15, -0.1) is 11.3 Å². The normalized spacial score (nSPS) is 18.1. The first-order valence-corrected chi connectivity index (χ1v) is 7.58. The highest BCUT2D eigenvalue weighted by Crippen LogP contribution is 2.31. The van der Waals surface area contributed by atoms with Gasteiger partial charge in [-0.3, -0.25) is 4.79 Å². The molecule has 6 heteroatoms. The molecule has 0 spiro atoms. The highest BCUT2D eigenvalue weighted by Gasteiger charge is 2.34. The van der Waals surface area contributed by atoms with E-state index in [1.54, 1.807) is 6.07 Å². The van der Waals surface area contributed by atoms with Crippen molar-refractivity contribution in [2.45, 2.75) is 25.8 Å². The van der Waals surface area contributed by atoms with E-state index < -0.39 is 12.0 Å². The third-order valence-electron chi connectivity index (χ3n) is 3.60. The monoisotopic (exact) mass is 305 g/mol. The molecule has 0 unspecified atom stereocenters. The second-order valence-electron chi connectivity index (χ2n) is 5.07. The number of thiophene rings is 1. The van der Waals surface area contributed by atoms with Gasteiger partial charge in [0.05, 0.1) is 9.75 Å². The van der Waals surface area contributed by atoms with Crippen LogP contribution in [0.1, 0.15) is 28.3 Å². The first kappa shape index (κ1) is 13.9. The van der Waals surface area contributed by atoms with Crippen LogP contribution in [0.3, 0.4) is 0 Å². The summed E-state index contributed by atoms with van der Waals surface area (Å²) in [6.45, 7) is 2.37. The summed E-state index contributed by atoms with van der Waals surface area (Å²) < 4.78 is 5.54. The summed E-state index contributed by atoms with van der Waals surface area (Å²) >= 11 is 1.33. The molecule has 1 aliphatic rings. The number of carbonyl (C=O) groups is 2. The topological polar surface area (TPSA) is 70.8 Å². The number of hydrogen-bond donors (Lipinski definition) is 1. The number of carbonyl (C=O) groups excluding carboxylic acids is 1. The molecule has 3 heterocycles. The van der Waals surface area contributed by atoms with Crippen LogP contribution in [0.15, 0.2) is 28.7 Å². The molecular weight excluding hydrogens is 290 g/mol. The molecule has 110 valence electrons. The summed E-state index contributed by atoms with van der Waals surface area (Å²) in [6, 6.07) is 6.61. The van der Waals surface area contributed by atoms with E-state index in [0.29, 0.717) is 17.8 Å². The molecule has 0 radical (unpaired) electrons. The van der Waals surface area contributed by atoms with Crippen LogP contribution < -0.4 is 0 Å². The number of aliphatic carboxylic acids is 1. The van der Waals surface area contributed by atoms with Gasteiger partial charge in [-0.25, -0.2) is 4.79 Å². The van der Waals surface area contributed by atoms with Crippen LogP contribution in [0.25, 0.3) is 10.6 Å². The van der Waals surface area contributed by atoms with Crippen LogP contribution in [-0.2, 0) is 4.79 Å². The fourth-order valence-corrected chi connectivity index (χ4v) is 3.48. The molecule has 2 aromatic rings. The highest BCUT2D eigenvalue weighted by atomic mass is 32.1. The van der Waals surface area contributed by atoms with Gasteiger partial charge >= 0.3 is 5.97 Å². The molecule has 0 bridgehead atoms. The van der Waals surface area contributed by atoms with E-state index in [9.17, 15) is 9.59 Å². The van der Waals surface area contributed by atoms with Crippen molar-refractivity contribution >= 4 is 23.2 Å². The average Bonchev–Trinajstić information content (AvgIpc) is 3.17.